The molecule has 1 aromatic heterocycles. The molecule has 1 aliphatic rings. The van der Waals surface area contributed by atoms with Crippen LogP contribution in [-0.2, 0) is 11.3 Å². The highest BCUT2D eigenvalue weighted by Crippen LogP contribution is 2.25. The van der Waals surface area contributed by atoms with E-state index in [1.165, 1.54) is 5.56 Å². The molecule has 27 heavy (non-hydrogen) atoms. The van der Waals surface area contributed by atoms with Gasteiger partial charge in [-0.15, -0.1) is 0 Å². The molecule has 4 rings (SSSR count). The Bertz CT molecular complexity index is 1040. The molecule has 0 saturated carbocycles. The molecule has 1 saturated heterocycles. The van der Waals surface area contributed by atoms with E-state index in [4.69, 9.17) is 17.3 Å². The SMILES string of the molecule is Cc1ccc(-c2nn(Cc3ccccc3)cc2/C=C2\NC(=S)NC2=O)cc1. The fraction of sp³-hybridized carbons (Fsp3) is 0.0952. The summed E-state index contributed by atoms with van der Waals surface area (Å²) < 4.78 is 1.89. The van der Waals surface area contributed by atoms with E-state index < -0.39 is 0 Å². The third-order valence-electron chi connectivity index (χ3n) is 4.32. The minimum atomic E-state index is -0.231. The highest BCUT2D eigenvalue weighted by molar-refractivity contribution is 7.80. The van der Waals surface area contributed by atoms with Gasteiger partial charge in [0, 0.05) is 17.3 Å². The van der Waals surface area contributed by atoms with Gasteiger partial charge in [-0.1, -0.05) is 60.2 Å². The van der Waals surface area contributed by atoms with Crippen LogP contribution in [0.2, 0.25) is 0 Å². The van der Waals surface area contributed by atoms with E-state index in [1.807, 2.05) is 41.2 Å². The summed E-state index contributed by atoms with van der Waals surface area (Å²) in [5.74, 6) is -0.231. The molecule has 0 radical (unpaired) electrons. The summed E-state index contributed by atoms with van der Waals surface area (Å²) >= 11 is 5.02. The Balaban J connectivity index is 1.75. The van der Waals surface area contributed by atoms with Gasteiger partial charge < -0.3 is 5.32 Å². The lowest BCUT2D eigenvalue weighted by molar-refractivity contribution is -0.115. The molecule has 1 aliphatic heterocycles. The molecule has 5 nitrogen and oxygen atoms in total. The summed E-state index contributed by atoms with van der Waals surface area (Å²) in [5.41, 5.74) is 5.45. The van der Waals surface area contributed by atoms with E-state index in [9.17, 15) is 4.79 Å². The van der Waals surface area contributed by atoms with Crippen LogP contribution < -0.4 is 10.6 Å². The first-order valence-corrected chi connectivity index (χ1v) is 9.02. The van der Waals surface area contributed by atoms with Gasteiger partial charge >= 0.3 is 0 Å². The van der Waals surface area contributed by atoms with Crippen LogP contribution in [0, 0.1) is 6.92 Å². The molecule has 1 fully saturated rings. The van der Waals surface area contributed by atoms with Gasteiger partial charge in [0.1, 0.15) is 5.70 Å². The maximum absolute atomic E-state index is 12.0. The highest BCUT2D eigenvalue weighted by atomic mass is 32.1. The van der Waals surface area contributed by atoms with Crippen LogP contribution in [0.4, 0.5) is 0 Å². The smallest absolute Gasteiger partial charge is 0.273 e. The minimum absolute atomic E-state index is 0.231. The topological polar surface area (TPSA) is 59.0 Å². The predicted octanol–water partition coefficient (Wildman–Crippen LogP) is 3.25. The van der Waals surface area contributed by atoms with Crippen LogP contribution in [0.25, 0.3) is 17.3 Å². The van der Waals surface area contributed by atoms with Crippen molar-refractivity contribution < 1.29 is 4.79 Å². The second kappa shape index (κ2) is 7.17. The third-order valence-corrected chi connectivity index (χ3v) is 4.53. The molecule has 2 N–H and O–H groups in total. The van der Waals surface area contributed by atoms with Gasteiger partial charge in [-0.05, 0) is 30.8 Å². The van der Waals surface area contributed by atoms with Crippen LogP contribution in [0.3, 0.4) is 0 Å². The summed E-state index contributed by atoms with van der Waals surface area (Å²) in [4.78, 5) is 12.0. The van der Waals surface area contributed by atoms with Crippen molar-refractivity contribution in [1.82, 2.24) is 20.4 Å². The van der Waals surface area contributed by atoms with Gasteiger partial charge in [-0.25, -0.2) is 0 Å². The lowest BCUT2D eigenvalue weighted by atomic mass is 10.1. The predicted molar refractivity (Wildman–Crippen MR) is 110 cm³/mol. The molecule has 6 heteroatoms. The first-order chi connectivity index (χ1) is 13.1. The van der Waals surface area contributed by atoms with Crippen molar-refractivity contribution in [3.63, 3.8) is 0 Å². The average molecular weight is 374 g/mol. The van der Waals surface area contributed by atoms with Crippen LogP contribution in [-0.4, -0.2) is 20.8 Å². The molecule has 3 aromatic rings. The van der Waals surface area contributed by atoms with Crippen molar-refractivity contribution in [1.29, 1.82) is 0 Å². The van der Waals surface area contributed by atoms with Gasteiger partial charge in [-0.3, -0.25) is 14.8 Å². The zero-order valence-corrected chi connectivity index (χ0v) is 15.6. The number of hydrogen-bond acceptors (Lipinski definition) is 3. The lowest BCUT2D eigenvalue weighted by Crippen LogP contribution is -2.21. The van der Waals surface area contributed by atoms with Gasteiger partial charge in [0.05, 0.1) is 12.2 Å². The van der Waals surface area contributed by atoms with E-state index in [0.29, 0.717) is 17.4 Å². The number of carbonyl (C=O) groups is 1. The number of thiocarbonyl (C=S) groups is 1. The Kier molecular flexibility index (Phi) is 4.56. The monoisotopic (exact) mass is 374 g/mol. The summed E-state index contributed by atoms with van der Waals surface area (Å²) in [6.45, 7) is 2.70. The Labute approximate surface area is 162 Å². The summed E-state index contributed by atoms with van der Waals surface area (Å²) in [7, 11) is 0. The largest absolute Gasteiger partial charge is 0.328 e. The van der Waals surface area contributed by atoms with Crippen molar-refractivity contribution in [3.8, 4) is 11.3 Å². The fourth-order valence-electron chi connectivity index (χ4n) is 2.97. The van der Waals surface area contributed by atoms with Crippen molar-refractivity contribution in [2.45, 2.75) is 13.5 Å². The molecule has 0 atom stereocenters. The van der Waals surface area contributed by atoms with Crippen molar-refractivity contribution in [2.75, 3.05) is 0 Å². The molecule has 2 heterocycles. The molecule has 2 aromatic carbocycles. The molecular formula is C21H18N4OS. The van der Waals surface area contributed by atoms with Gasteiger partial charge in [0.25, 0.3) is 5.91 Å². The highest BCUT2D eigenvalue weighted by Gasteiger charge is 2.21. The molecule has 0 aliphatic carbocycles. The van der Waals surface area contributed by atoms with E-state index in [2.05, 4.69) is 41.8 Å². The van der Waals surface area contributed by atoms with E-state index in [-0.39, 0.29) is 5.91 Å². The number of rotatable bonds is 4. The van der Waals surface area contributed by atoms with Gasteiger partial charge in [0.2, 0.25) is 0 Å². The first kappa shape index (κ1) is 17.2. The first-order valence-electron chi connectivity index (χ1n) is 8.61. The number of aryl methyl sites for hydroxylation is 1. The summed E-state index contributed by atoms with van der Waals surface area (Å²) in [6.07, 6.45) is 3.74. The molecule has 0 spiro atoms. The quantitative estimate of drug-likeness (QED) is 0.544. The Hall–Kier alpha value is -3.25. The number of aromatic nitrogens is 2. The maximum Gasteiger partial charge on any atom is 0.273 e. The number of nitrogens with zero attached hydrogens (tertiary/aromatic N) is 2. The molecular weight excluding hydrogens is 356 g/mol. The molecule has 1 amide bonds. The lowest BCUT2D eigenvalue weighted by Gasteiger charge is -2.02. The van der Waals surface area contributed by atoms with Crippen molar-refractivity contribution in [2.24, 2.45) is 0 Å². The summed E-state index contributed by atoms with van der Waals surface area (Å²) in [5, 5.41) is 10.6. The standard InChI is InChI=1S/C21H18N4OS/c1-14-7-9-16(10-8-14)19-17(11-18-20(26)23-21(27)22-18)13-25(24-19)12-15-5-3-2-4-6-15/h2-11,13H,12H2,1H3,(H2,22,23,26,27)/b18-11-. The number of benzene rings is 2. The van der Waals surface area contributed by atoms with Crippen molar-refractivity contribution in [3.05, 3.63) is 83.2 Å². The van der Waals surface area contributed by atoms with Crippen molar-refractivity contribution >= 4 is 29.3 Å². The second-order valence-electron chi connectivity index (χ2n) is 6.45. The Morgan fingerprint density at radius 2 is 1.81 bits per heavy atom. The van der Waals surface area contributed by atoms with Gasteiger partial charge in [-0.2, -0.15) is 5.10 Å². The molecule has 0 unspecified atom stereocenters. The maximum atomic E-state index is 12.0. The number of amides is 1. The zero-order chi connectivity index (χ0) is 18.8. The fourth-order valence-corrected chi connectivity index (χ4v) is 3.17. The van der Waals surface area contributed by atoms with Crippen LogP contribution in [0.5, 0.6) is 0 Å². The normalized spacial score (nSPS) is 15.1. The van der Waals surface area contributed by atoms with Crippen LogP contribution in [0.15, 0.2) is 66.5 Å². The number of carbonyl (C=O) groups excluding carboxylic acids is 1. The molecule has 134 valence electrons. The Morgan fingerprint density at radius 1 is 1.07 bits per heavy atom. The summed E-state index contributed by atoms with van der Waals surface area (Å²) in [6, 6.07) is 18.3. The Morgan fingerprint density at radius 3 is 2.48 bits per heavy atom. The van der Waals surface area contributed by atoms with Crippen LogP contribution >= 0.6 is 12.2 Å². The average Bonchev–Trinajstić information content (AvgIpc) is 3.19. The zero-order valence-electron chi connectivity index (χ0n) is 14.8. The van der Waals surface area contributed by atoms with E-state index in [1.54, 1.807) is 6.08 Å². The van der Waals surface area contributed by atoms with Gasteiger partial charge in [0.15, 0.2) is 5.11 Å². The second-order valence-corrected chi connectivity index (χ2v) is 6.86. The van der Waals surface area contributed by atoms with Crippen LogP contribution in [0.1, 0.15) is 16.7 Å². The van der Waals surface area contributed by atoms with E-state index >= 15 is 0 Å². The number of hydrogen-bond donors (Lipinski definition) is 2. The molecule has 0 bridgehead atoms. The number of nitrogens with one attached hydrogen (secondary N) is 2. The minimum Gasteiger partial charge on any atom is -0.328 e. The third kappa shape index (κ3) is 3.80. The van der Waals surface area contributed by atoms with E-state index in [0.717, 1.165) is 22.4 Å².